The number of rotatable bonds is 2. The molecule has 2 aliphatic rings. The van der Waals surface area contributed by atoms with Crippen LogP contribution in [0.4, 0.5) is 0 Å². The summed E-state index contributed by atoms with van der Waals surface area (Å²) in [6.45, 7) is 0. The number of halogens is 1. The van der Waals surface area contributed by atoms with Crippen LogP contribution in [0.1, 0.15) is 32.1 Å². The molecular weight excluding hydrogens is 270 g/mol. The lowest BCUT2D eigenvalue weighted by Crippen LogP contribution is -2.55. The van der Waals surface area contributed by atoms with Crippen LogP contribution >= 0.6 is 11.6 Å². The molecular formula is C17H18ClNO. The van der Waals surface area contributed by atoms with Crippen molar-refractivity contribution >= 4 is 22.5 Å². The Morgan fingerprint density at radius 3 is 2.85 bits per heavy atom. The van der Waals surface area contributed by atoms with Crippen molar-refractivity contribution in [1.82, 2.24) is 4.98 Å². The summed E-state index contributed by atoms with van der Waals surface area (Å²) in [6.07, 6.45) is 8.11. The molecule has 2 aliphatic carbocycles. The van der Waals surface area contributed by atoms with Crippen LogP contribution in [0.15, 0.2) is 36.5 Å². The van der Waals surface area contributed by atoms with E-state index in [1.165, 1.54) is 25.7 Å². The summed E-state index contributed by atoms with van der Waals surface area (Å²) in [5, 5.41) is 1.45. The van der Waals surface area contributed by atoms with Crippen molar-refractivity contribution in [2.24, 2.45) is 5.41 Å². The lowest BCUT2D eigenvalue weighted by Gasteiger charge is -2.50. The highest BCUT2D eigenvalue weighted by Crippen LogP contribution is 2.57. The molecule has 0 saturated heterocycles. The van der Waals surface area contributed by atoms with Gasteiger partial charge in [-0.2, -0.15) is 0 Å². The van der Waals surface area contributed by atoms with Gasteiger partial charge in [0.15, 0.2) is 0 Å². The summed E-state index contributed by atoms with van der Waals surface area (Å²) in [5.74, 6) is 0.927. The third-order valence-electron chi connectivity index (χ3n) is 5.08. The predicted octanol–water partition coefficient (Wildman–Crippen LogP) is 4.55. The Kier molecular flexibility index (Phi) is 2.88. The van der Waals surface area contributed by atoms with E-state index in [1.54, 1.807) is 0 Å². The largest absolute Gasteiger partial charge is 0.490 e. The van der Waals surface area contributed by atoms with Gasteiger partial charge in [0.1, 0.15) is 11.9 Å². The summed E-state index contributed by atoms with van der Waals surface area (Å²) in [5.41, 5.74) is 1.23. The zero-order valence-electron chi connectivity index (χ0n) is 11.4. The standard InChI is InChI=1S/C17H18ClNO/c18-15-11-16(17(15)7-1-2-8-17)20-13-6-5-12-4-3-9-19-14(12)10-13/h3-6,9-10,15-16H,1-2,7-8,11H2. The van der Waals surface area contributed by atoms with Gasteiger partial charge in [-0.1, -0.05) is 18.9 Å². The molecule has 0 bridgehead atoms. The topological polar surface area (TPSA) is 22.1 Å². The van der Waals surface area contributed by atoms with Gasteiger partial charge in [-0.05, 0) is 31.0 Å². The number of hydrogen-bond donors (Lipinski definition) is 0. The maximum atomic E-state index is 6.48. The summed E-state index contributed by atoms with van der Waals surface area (Å²) in [6, 6.07) is 10.2. The molecule has 2 atom stereocenters. The van der Waals surface area contributed by atoms with Gasteiger partial charge in [0, 0.05) is 34.9 Å². The van der Waals surface area contributed by atoms with Crippen LogP contribution in [0.3, 0.4) is 0 Å². The normalized spacial score (nSPS) is 27.6. The number of nitrogens with zero attached hydrogens (tertiary/aromatic N) is 1. The van der Waals surface area contributed by atoms with Crippen molar-refractivity contribution in [2.75, 3.05) is 0 Å². The first-order chi connectivity index (χ1) is 9.78. The van der Waals surface area contributed by atoms with Crippen molar-refractivity contribution in [3.8, 4) is 5.75 Å². The predicted molar refractivity (Wildman–Crippen MR) is 81.3 cm³/mol. The summed E-state index contributed by atoms with van der Waals surface area (Å²) in [7, 11) is 0. The van der Waals surface area contributed by atoms with Crippen molar-refractivity contribution in [2.45, 2.75) is 43.6 Å². The number of pyridine rings is 1. The molecule has 3 heteroatoms. The number of ether oxygens (including phenoxy) is 1. The highest BCUT2D eigenvalue weighted by Gasteiger charge is 2.56. The van der Waals surface area contributed by atoms with Crippen molar-refractivity contribution < 1.29 is 4.74 Å². The Hall–Kier alpha value is -1.28. The Balaban J connectivity index is 1.58. The molecule has 4 rings (SSSR count). The zero-order valence-corrected chi connectivity index (χ0v) is 12.1. The molecule has 2 saturated carbocycles. The fraction of sp³-hybridized carbons (Fsp3) is 0.471. The molecule has 0 N–H and O–H groups in total. The number of benzene rings is 1. The van der Waals surface area contributed by atoms with Gasteiger partial charge in [-0.25, -0.2) is 0 Å². The lowest BCUT2D eigenvalue weighted by atomic mass is 9.64. The van der Waals surface area contributed by atoms with Crippen LogP contribution in [0, 0.1) is 5.41 Å². The highest BCUT2D eigenvalue weighted by atomic mass is 35.5. The molecule has 104 valence electrons. The molecule has 2 unspecified atom stereocenters. The maximum absolute atomic E-state index is 6.48. The number of alkyl halides is 1. The van der Waals surface area contributed by atoms with E-state index >= 15 is 0 Å². The van der Waals surface area contributed by atoms with E-state index in [0.29, 0.717) is 5.38 Å². The van der Waals surface area contributed by atoms with E-state index in [9.17, 15) is 0 Å². The molecule has 20 heavy (non-hydrogen) atoms. The second-order valence-electron chi connectivity index (χ2n) is 6.11. The average molecular weight is 288 g/mol. The third kappa shape index (κ3) is 1.81. The number of hydrogen-bond acceptors (Lipinski definition) is 2. The van der Waals surface area contributed by atoms with Crippen LogP contribution in [0.2, 0.25) is 0 Å². The smallest absolute Gasteiger partial charge is 0.121 e. The molecule has 1 spiro atoms. The molecule has 1 aromatic heterocycles. The van der Waals surface area contributed by atoms with Crippen LogP contribution in [0.25, 0.3) is 10.9 Å². The first kappa shape index (κ1) is 12.5. The molecule has 0 amide bonds. The van der Waals surface area contributed by atoms with Crippen molar-refractivity contribution in [3.05, 3.63) is 36.5 Å². The van der Waals surface area contributed by atoms with Crippen LogP contribution in [-0.2, 0) is 0 Å². The Labute approximate surface area is 124 Å². The van der Waals surface area contributed by atoms with Gasteiger partial charge in [0.05, 0.1) is 5.52 Å². The van der Waals surface area contributed by atoms with E-state index in [2.05, 4.69) is 17.1 Å². The van der Waals surface area contributed by atoms with E-state index < -0.39 is 0 Å². The van der Waals surface area contributed by atoms with E-state index in [4.69, 9.17) is 16.3 Å². The minimum Gasteiger partial charge on any atom is -0.490 e. The maximum Gasteiger partial charge on any atom is 0.121 e. The molecule has 1 heterocycles. The van der Waals surface area contributed by atoms with Crippen LogP contribution < -0.4 is 4.74 Å². The first-order valence-corrected chi connectivity index (χ1v) is 7.87. The average Bonchev–Trinajstić information content (AvgIpc) is 2.99. The fourth-order valence-electron chi connectivity index (χ4n) is 3.82. The summed E-state index contributed by atoms with van der Waals surface area (Å²) in [4.78, 5) is 4.39. The minimum atomic E-state index is 0.237. The second-order valence-corrected chi connectivity index (χ2v) is 6.63. The molecule has 0 aliphatic heterocycles. The monoisotopic (exact) mass is 287 g/mol. The first-order valence-electron chi connectivity index (χ1n) is 7.43. The fourth-order valence-corrected chi connectivity index (χ4v) is 4.34. The highest BCUT2D eigenvalue weighted by molar-refractivity contribution is 6.21. The lowest BCUT2D eigenvalue weighted by molar-refractivity contribution is -0.0354. The molecule has 2 nitrogen and oxygen atoms in total. The Morgan fingerprint density at radius 1 is 1.20 bits per heavy atom. The van der Waals surface area contributed by atoms with Gasteiger partial charge < -0.3 is 4.74 Å². The molecule has 2 aromatic rings. The van der Waals surface area contributed by atoms with Crippen molar-refractivity contribution in [1.29, 1.82) is 0 Å². The van der Waals surface area contributed by atoms with Gasteiger partial charge in [-0.3, -0.25) is 4.98 Å². The van der Waals surface area contributed by atoms with E-state index in [-0.39, 0.29) is 11.5 Å². The number of fused-ring (bicyclic) bond motifs is 1. The van der Waals surface area contributed by atoms with E-state index in [1.807, 2.05) is 24.4 Å². The SMILES string of the molecule is ClC1CC(Oc2ccc3cccnc3c2)C12CCCC2. The van der Waals surface area contributed by atoms with Gasteiger partial charge in [0.25, 0.3) is 0 Å². The third-order valence-corrected chi connectivity index (χ3v) is 5.69. The summed E-state index contributed by atoms with van der Waals surface area (Å²) < 4.78 is 6.24. The molecule has 0 radical (unpaired) electrons. The second kappa shape index (κ2) is 4.63. The molecule has 2 fully saturated rings. The zero-order chi connectivity index (χ0) is 13.6. The summed E-state index contributed by atoms with van der Waals surface area (Å²) >= 11 is 6.48. The molecule has 1 aromatic carbocycles. The quantitative estimate of drug-likeness (QED) is 0.756. The number of aromatic nitrogens is 1. The Morgan fingerprint density at radius 2 is 2.05 bits per heavy atom. The van der Waals surface area contributed by atoms with Gasteiger partial charge in [-0.15, -0.1) is 11.6 Å². The van der Waals surface area contributed by atoms with Crippen LogP contribution in [-0.4, -0.2) is 16.5 Å². The van der Waals surface area contributed by atoms with Gasteiger partial charge in [0.2, 0.25) is 0 Å². The van der Waals surface area contributed by atoms with Crippen LogP contribution in [0.5, 0.6) is 5.75 Å². The van der Waals surface area contributed by atoms with E-state index in [0.717, 1.165) is 23.1 Å². The van der Waals surface area contributed by atoms with Crippen molar-refractivity contribution in [3.63, 3.8) is 0 Å². The van der Waals surface area contributed by atoms with Gasteiger partial charge >= 0.3 is 0 Å². The Bertz CT molecular complexity index is 636. The minimum absolute atomic E-state index is 0.237.